The van der Waals surface area contributed by atoms with Gasteiger partial charge in [0.25, 0.3) is 11.8 Å². The summed E-state index contributed by atoms with van der Waals surface area (Å²) in [5.41, 5.74) is 1.27. The van der Waals surface area contributed by atoms with Crippen molar-refractivity contribution < 1.29 is 18.8 Å². The van der Waals surface area contributed by atoms with Crippen LogP contribution in [0.5, 0.6) is 11.5 Å². The molecule has 0 radical (unpaired) electrons. The Morgan fingerprint density at radius 1 is 1.09 bits per heavy atom. The lowest BCUT2D eigenvalue weighted by Crippen LogP contribution is -2.46. The fraction of sp³-hybridized carbons (Fsp3) is 0.440. The summed E-state index contributed by atoms with van der Waals surface area (Å²) in [6.07, 6.45) is 8.61. The summed E-state index contributed by atoms with van der Waals surface area (Å²) in [7, 11) is 3.17. The quantitative estimate of drug-likeness (QED) is 0.537. The first-order valence-electron chi connectivity index (χ1n) is 11.4. The summed E-state index contributed by atoms with van der Waals surface area (Å²) in [4.78, 5) is 24.0. The number of ether oxygens (including phenoxy) is 2. The Kier molecular flexibility index (Phi) is 5.74. The van der Waals surface area contributed by atoms with Crippen LogP contribution in [0.15, 0.2) is 47.2 Å². The van der Waals surface area contributed by atoms with Gasteiger partial charge in [-0.15, -0.1) is 0 Å². The van der Waals surface area contributed by atoms with Crippen molar-refractivity contribution in [2.45, 2.75) is 37.5 Å². The first-order valence-corrected chi connectivity index (χ1v) is 11.4. The van der Waals surface area contributed by atoms with E-state index in [-0.39, 0.29) is 11.3 Å². The minimum absolute atomic E-state index is 0.0159. The standard InChI is InChI=1S/C25H28N4O4/c1-31-20-13-19(14-21(15-20)32-2)23(30)29-11-7-25(8-12-29,16-17-3-4-17)24-27-22(33-28-24)18-5-9-26-10-6-18/h5-6,9-10,13-15,17H,3-4,7-8,11-12,16H2,1-2H3. The number of amides is 1. The van der Waals surface area contributed by atoms with Gasteiger partial charge in [0, 0.05) is 48.1 Å². The number of nitrogens with zero attached hydrogens (tertiary/aromatic N) is 4. The highest BCUT2D eigenvalue weighted by Crippen LogP contribution is 2.47. The highest BCUT2D eigenvalue weighted by molar-refractivity contribution is 5.95. The molecule has 1 amide bonds. The second kappa shape index (κ2) is 8.84. The van der Waals surface area contributed by atoms with Crippen molar-refractivity contribution >= 4 is 5.91 Å². The average molecular weight is 449 g/mol. The smallest absolute Gasteiger partial charge is 0.258 e. The second-order valence-electron chi connectivity index (χ2n) is 8.98. The van der Waals surface area contributed by atoms with Crippen LogP contribution >= 0.6 is 0 Å². The summed E-state index contributed by atoms with van der Waals surface area (Å²) in [6, 6.07) is 9.03. The zero-order valence-electron chi connectivity index (χ0n) is 19.0. The predicted octanol–water partition coefficient (Wildman–Crippen LogP) is 4.12. The van der Waals surface area contributed by atoms with Crippen LogP contribution in [0.4, 0.5) is 0 Å². The van der Waals surface area contributed by atoms with Gasteiger partial charge in [-0.2, -0.15) is 4.98 Å². The molecule has 8 heteroatoms. The van der Waals surface area contributed by atoms with Gasteiger partial charge < -0.3 is 18.9 Å². The lowest BCUT2D eigenvalue weighted by Gasteiger charge is -2.40. The molecule has 2 fully saturated rings. The molecule has 172 valence electrons. The van der Waals surface area contributed by atoms with E-state index >= 15 is 0 Å². The maximum atomic E-state index is 13.3. The molecule has 0 bridgehead atoms. The number of hydrogen-bond acceptors (Lipinski definition) is 7. The number of likely N-dealkylation sites (tertiary alicyclic amines) is 1. The molecule has 1 saturated carbocycles. The highest BCUT2D eigenvalue weighted by Gasteiger charge is 2.45. The van der Waals surface area contributed by atoms with Crippen molar-refractivity contribution in [1.82, 2.24) is 20.0 Å². The van der Waals surface area contributed by atoms with E-state index in [1.165, 1.54) is 12.8 Å². The number of carbonyl (C=O) groups excluding carboxylic acids is 1. The zero-order valence-corrected chi connectivity index (χ0v) is 19.0. The van der Waals surface area contributed by atoms with E-state index < -0.39 is 0 Å². The topological polar surface area (TPSA) is 90.6 Å². The van der Waals surface area contributed by atoms with Gasteiger partial charge in [0.1, 0.15) is 11.5 Å². The molecule has 33 heavy (non-hydrogen) atoms. The number of methoxy groups -OCH3 is 2. The van der Waals surface area contributed by atoms with E-state index in [1.807, 2.05) is 17.0 Å². The predicted molar refractivity (Wildman–Crippen MR) is 121 cm³/mol. The second-order valence-corrected chi connectivity index (χ2v) is 8.98. The number of aromatic nitrogens is 3. The molecular weight excluding hydrogens is 420 g/mol. The van der Waals surface area contributed by atoms with E-state index in [0.717, 1.165) is 30.7 Å². The normalized spacial score (nSPS) is 17.6. The molecule has 0 unspecified atom stereocenters. The first-order chi connectivity index (χ1) is 16.1. The molecular formula is C25H28N4O4. The van der Waals surface area contributed by atoms with Crippen LogP contribution in [-0.2, 0) is 5.41 Å². The van der Waals surface area contributed by atoms with Crippen molar-refractivity contribution in [3.05, 3.63) is 54.1 Å². The SMILES string of the molecule is COc1cc(OC)cc(C(=O)N2CCC(CC3CC3)(c3noc(-c4ccncc4)n3)CC2)c1. The van der Waals surface area contributed by atoms with E-state index in [2.05, 4.69) is 10.1 Å². The van der Waals surface area contributed by atoms with Gasteiger partial charge in [0.05, 0.1) is 14.2 Å². The lowest BCUT2D eigenvalue weighted by molar-refractivity contribution is 0.0645. The van der Waals surface area contributed by atoms with Crippen LogP contribution in [0.2, 0.25) is 0 Å². The Labute approximate surface area is 192 Å². The van der Waals surface area contributed by atoms with Crippen LogP contribution < -0.4 is 9.47 Å². The van der Waals surface area contributed by atoms with E-state index in [0.29, 0.717) is 42.0 Å². The monoisotopic (exact) mass is 448 g/mol. The van der Waals surface area contributed by atoms with Crippen LogP contribution in [-0.4, -0.2) is 53.2 Å². The molecule has 3 aromatic rings. The van der Waals surface area contributed by atoms with Gasteiger partial charge in [-0.3, -0.25) is 9.78 Å². The van der Waals surface area contributed by atoms with Gasteiger partial charge in [0.2, 0.25) is 0 Å². The molecule has 5 rings (SSSR count). The third kappa shape index (κ3) is 4.42. The average Bonchev–Trinajstić information content (AvgIpc) is 3.53. The van der Waals surface area contributed by atoms with Gasteiger partial charge in [-0.05, 0) is 49.4 Å². The van der Waals surface area contributed by atoms with Crippen molar-refractivity contribution in [3.63, 3.8) is 0 Å². The Morgan fingerprint density at radius 2 is 1.76 bits per heavy atom. The number of hydrogen-bond donors (Lipinski definition) is 0. The summed E-state index contributed by atoms with van der Waals surface area (Å²) in [6.45, 7) is 1.29. The minimum atomic E-state index is -0.168. The number of pyridine rings is 1. The maximum Gasteiger partial charge on any atom is 0.258 e. The Bertz CT molecular complexity index is 1100. The van der Waals surface area contributed by atoms with E-state index in [9.17, 15) is 4.79 Å². The Balaban J connectivity index is 1.35. The number of benzene rings is 1. The zero-order chi connectivity index (χ0) is 22.8. The fourth-order valence-corrected chi connectivity index (χ4v) is 4.70. The Morgan fingerprint density at radius 3 is 2.36 bits per heavy atom. The molecule has 3 heterocycles. The van der Waals surface area contributed by atoms with Crippen LogP contribution in [0.25, 0.3) is 11.5 Å². The Hall–Kier alpha value is -3.42. The third-order valence-electron chi connectivity index (χ3n) is 6.81. The molecule has 8 nitrogen and oxygen atoms in total. The van der Waals surface area contributed by atoms with E-state index in [4.69, 9.17) is 19.0 Å². The maximum absolute atomic E-state index is 13.3. The van der Waals surface area contributed by atoms with Crippen LogP contribution in [0, 0.1) is 5.92 Å². The molecule has 1 aliphatic carbocycles. The number of piperidine rings is 1. The molecule has 1 aliphatic heterocycles. The number of rotatable bonds is 7. The molecule has 0 atom stereocenters. The molecule has 2 aliphatic rings. The molecule has 0 spiro atoms. The van der Waals surface area contributed by atoms with E-state index in [1.54, 1.807) is 44.8 Å². The van der Waals surface area contributed by atoms with Crippen LogP contribution in [0.3, 0.4) is 0 Å². The highest BCUT2D eigenvalue weighted by atomic mass is 16.5. The van der Waals surface area contributed by atoms with Crippen molar-refractivity contribution in [1.29, 1.82) is 0 Å². The van der Waals surface area contributed by atoms with Crippen molar-refractivity contribution in [2.75, 3.05) is 27.3 Å². The van der Waals surface area contributed by atoms with Gasteiger partial charge in [-0.25, -0.2) is 0 Å². The minimum Gasteiger partial charge on any atom is -0.497 e. The molecule has 0 N–H and O–H groups in total. The number of carbonyl (C=O) groups is 1. The van der Waals surface area contributed by atoms with Gasteiger partial charge >= 0.3 is 0 Å². The van der Waals surface area contributed by atoms with Gasteiger partial charge in [0.15, 0.2) is 5.82 Å². The summed E-state index contributed by atoms with van der Waals surface area (Å²) >= 11 is 0. The molecule has 2 aromatic heterocycles. The summed E-state index contributed by atoms with van der Waals surface area (Å²) < 4.78 is 16.3. The lowest BCUT2D eigenvalue weighted by atomic mass is 9.73. The largest absolute Gasteiger partial charge is 0.497 e. The van der Waals surface area contributed by atoms with Gasteiger partial charge in [-0.1, -0.05) is 18.0 Å². The fourth-order valence-electron chi connectivity index (χ4n) is 4.70. The molecule has 1 aromatic carbocycles. The van der Waals surface area contributed by atoms with Crippen molar-refractivity contribution in [3.8, 4) is 23.0 Å². The molecule has 1 saturated heterocycles. The van der Waals surface area contributed by atoms with Crippen molar-refractivity contribution in [2.24, 2.45) is 5.92 Å². The summed E-state index contributed by atoms with van der Waals surface area (Å²) in [5, 5.41) is 4.40. The van der Waals surface area contributed by atoms with Crippen LogP contribution in [0.1, 0.15) is 48.3 Å². The summed E-state index contributed by atoms with van der Waals surface area (Å²) in [5.74, 6) is 3.18. The first kappa shape index (κ1) is 21.4. The third-order valence-corrected chi connectivity index (χ3v) is 6.81.